The van der Waals surface area contributed by atoms with E-state index in [1.807, 2.05) is 44.2 Å². The third-order valence-corrected chi connectivity index (χ3v) is 4.58. The minimum atomic E-state index is -0.730. The molecule has 25 heavy (non-hydrogen) atoms. The van der Waals surface area contributed by atoms with Crippen molar-refractivity contribution in [3.8, 4) is 0 Å². The van der Waals surface area contributed by atoms with Crippen molar-refractivity contribution in [1.82, 2.24) is 15.7 Å². The number of benzene rings is 1. The highest BCUT2D eigenvalue weighted by atomic mass is 32.1. The fourth-order valence-corrected chi connectivity index (χ4v) is 3.29. The number of alkyl carbamates (subject to hydrolysis) is 1. The molecule has 4 N–H and O–H groups in total. The minimum absolute atomic E-state index is 0.187. The Kier molecular flexibility index (Phi) is 6.49. The molecule has 0 bridgehead atoms. The Hall–Kier alpha value is -2.45. The highest BCUT2D eigenvalue weighted by Crippen LogP contribution is 2.27. The average molecular weight is 362 g/mol. The largest absolute Gasteiger partial charge is 0.445 e. The number of carbonyl (C=O) groups excluding carboxylic acids is 2. The van der Waals surface area contributed by atoms with Crippen LogP contribution in [0.3, 0.4) is 0 Å². The molecule has 0 radical (unpaired) electrons. The van der Waals surface area contributed by atoms with Gasteiger partial charge in [0, 0.05) is 5.38 Å². The number of hydrogen-bond donors (Lipinski definition) is 3. The number of hydrogen-bond acceptors (Lipinski definition) is 6. The van der Waals surface area contributed by atoms with Crippen LogP contribution in [0.5, 0.6) is 0 Å². The first kappa shape index (κ1) is 18.9. The first-order chi connectivity index (χ1) is 12.0. The standard InChI is InChI=1S/C17H22N4O3S/c1-3-9-17(2,13-11-25-15(19-13)14(22)21-18)20-16(23)24-10-12-7-5-4-6-8-12/h4-8,11H,3,9-10,18H2,1-2H3,(H,20,23)(H,21,22). The van der Waals surface area contributed by atoms with Crippen LogP contribution in [0.1, 0.15) is 47.7 Å². The Morgan fingerprint density at radius 2 is 2.04 bits per heavy atom. The van der Waals surface area contributed by atoms with Crippen LogP contribution in [-0.2, 0) is 16.9 Å². The van der Waals surface area contributed by atoms with Gasteiger partial charge in [-0.25, -0.2) is 15.6 Å². The molecule has 0 aliphatic heterocycles. The Labute approximate surface area is 150 Å². The molecule has 1 atom stereocenters. The van der Waals surface area contributed by atoms with Crippen molar-refractivity contribution in [2.24, 2.45) is 5.84 Å². The number of amides is 2. The minimum Gasteiger partial charge on any atom is -0.445 e. The lowest BCUT2D eigenvalue weighted by Gasteiger charge is -2.28. The third kappa shape index (κ3) is 5.01. The van der Waals surface area contributed by atoms with Crippen LogP contribution in [0.2, 0.25) is 0 Å². The molecule has 134 valence electrons. The number of carbonyl (C=O) groups is 2. The van der Waals surface area contributed by atoms with E-state index in [0.717, 1.165) is 12.0 Å². The van der Waals surface area contributed by atoms with E-state index in [1.54, 1.807) is 5.38 Å². The summed E-state index contributed by atoms with van der Waals surface area (Å²) < 4.78 is 5.29. The highest BCUT2D eigenvalue weighted by Gasteiger charge is 2.31. The van der Waals surface area contributed by atoms with E-state index >= 15 is 0 Å². The average Bonchev–Trinajstić information content (AvgIpc) is 3.11. The van der Waals surface area contributed by atoms with Gasteiger partial charge in [0.25, 0.3) is 5.91 Å². The summed E-state index contributed by atoms with van der Waals surface area (Å²) in [5.41, 5.74) is 2.84. The van der Waals surface area contributed by atoms with Crippen LogP contribution < -0.4 is 16.6 Å². The van der Waals surface area contributed by atoms with Crippen LogP contribution in [-0.4, -0.2) is 17.0 Å². The summed E-state index contributed by atoms with van der Waals surface area (Å²) in [6.07, 6.45) is 0.948. The third-order valence-electron chi connectivity index (χ3n) is 3.74. The monoisotopic (exact) mass is 362 g/mol. The summed E-state index contributed by atoms with van der Waals surface area (Å²) >= 11 is 1.18. The van der Waals surface area contributed by atoms with Crippen molar-refractivity contribution in [2.75, 3.05) is 0 Å². The maximum atomic E-state index is 12.2. The summed E-state index contributed by atoms with van der Waals surface area (Å²) in [4.78, 5) is 28.1. The number of ether oxygens (including phenoxy) is 1. The Morgan fingerprint density at radius 3 is 2.68 bits per heavy atom. The fourth-order valence-electron chi connectivity index (χ4n) is 2.43. The number of nitrogen functional groups attached to an aromatic ring is 1. The van der Waals surface area contributed by atoms with E-state index in [1.165, 1.54) is 11.3 Å². The van der Waals surface area contributed by atoms with Crippen molar-refractivity contribution in [1.29, 1.82) is 0 Å². The Balaban J connectivity index is 2.06. The molecule has 7 nitrogen and oxygen atoms in total. The van der Waals surface area contributed by atoms with Crippen LogP contribution in [0, 0.1) is 0 Å². The molecule has 2 aromatic rings. The van der Waals surface area contributed by atoms with Crippen molar-refractivity contribution in [3.05, 3.63) is 52.0 Å². The lowest BCUT2D eigenvalue weighted by Crippen LogP contribution is -2.44. The van der Waals surface area contributed by atoms with Gasteiger partial charge in [0.1, 0.15) is 6.61 Å². The van der Waals surface area contributed by atoms with Gasteiger partial charge in [-0.1, -0.05) is 43.7 Å². The van der Waals surface area contributed by atoms with E-state index in [0.29, 0.717) is 12.1 Å². The zero-order valence-electron chi connectivity index (χ0n) is 14.2. The van der Waals surface area contributed by atoms with Gasteiger partial charge in [0.2, 0.25) is 0 Å². The van der Waals surface area contributed by atoms with Crippen molar-refractivity contribution < 1.29 is 14.3 Å². The van der Waals surface area contributed by atoms with Crippen molar-refractivity contribution in [2.45, 2.75) is 38.8 Å². The predicted octanol–water partition coefficient (Wildman–Crippen LogP) is 2.69. The van der Waals surface area contributed by atoms with Gasteiger partial charge in [-0.3, -0.25) is 10.2 Å². The smallest absolute Gasteiger partial charge is 0.408 e. The molecule has 1 unspecified atom stereocenters. The van der Waals surface area contributed by atoms with E-state index in [4.69, 9.17) is 10.6 Å². The van der Waals surface area contributed by atoms with E-state index in [9.17, 15) is 9.59 Å². The number of rotatable bonds is 7. The van der Waals surface area contributed by atoms with Crippen molar-refractivity contribution in [3.63, 3.8) is 0 Å². The number of nitrogens with two attached hydrogens (primary N) is 1. The van der Waals surface area contributed by atoms with Crippen LogP contribution >= 0.6 is 11.3 Å². The molecule has 8 heteroatoms. The SMILES string of the molecule is CCCC(C)(NC(=O)OCc1ccccc1)c1csc(C(=O)NN)n1. The van der Waals surface area contributed by atoms with Gasteiger partial charge < -0.3 is 10.1 Å². The number of nitrogens with one attached hydrogen (secondary N) is 2. The summed E-state index contributed by atoms with van der Waals surface area (Å²) in [6, 6.07) is 9.45. The normalized spacial score (nSPS) is 12.9. The first-order valence-corrected chi connectivity index (χ1v) is 8.82. The molecule has 1 aromatic carbocycles. The summed E-state index contributed by atoms with van der Waals surface area (Å²) in [5, 5.41) is 4.87. The second-order valence-corrected chi connectivity index (χ2v) is 6.64. The summed E-state index contributed by atoms with van der Waals surface area (Å²) in [7, 11) is 0. The summed E-state index contributed by atoms with van der Waals surface area (Å²) in [6.45, 7) is 4.06. The van der Waals surface area contributed by atoms with Crippen LogP contribution in [0.4, 0.5) is 4.79 Å². The molecule has 0 saturated carbocycles. The molecular weight excluding hydrogens is 340 g/mol. The van der Waals surface area contributed by atoms with Crippen molar-refractivity contribution >= 4 is 23.3 Å². The quantitative estimate of drug-likeness (QED) is 0.399. The van der Waals surface area contributed by atoms with Gasteiger partial charge in [0.05, 0.1) is 11.2 Å². The van der Waals surface area contributed by atoms with Gasteiger partial charge in [-0.15, -0.1) is 11.3 Å². The topological polar surface area (TPSA) is 106 Å². The molecule has 1 aromatic heterocycles. The molecule has 0 spiro atoms. The molecule has 0 fully saturated rings. The molecule has 2 amide bonds. The molecule has 0 aliphatic rings. The van der Waals surface area contributed by atoms with E-state index < -0.39 is 17.5 Å². The molecule has 0 aliphatic carbocycles. The fraction of sp³-hybridized carbons (Fsp3) is 0.353. The van der Waals surface area contributed by atoms with Gasteiger partial charge in [-0.2, -0.15) is 0 Å². The van der Waals surface area contributed by atoms with Gasteiger partial charge in [0.15, 0.2) is 5.01 Å². The first-order valence-electron chi connectivity index (χ1n) is 7.94. The van der Waals surface area contributed by atoms with E-state index in [-0.39, 0.29) is 11.6 Å². The lowest BCUT2D eigenvalue weighted by atomic mass is 9.93. The zero-order chi connectivity index (χ0) is 18.3. The van der Waals surface area contributed by atoms with Crippen LogP contribution in [0.15, 0.2) is 35.7 Å². The maximum absolute atomic E-state index is 12.2. The highest BCUT2D eigenvalue weighted by molar-refractivity contribution is 7.11. The number of aromatic nitrogens is 1. The Bertz CT molecular complexity index is 720. The maximum Gasteiger partial charge on any atom is 0.408 e. The molecular formula is C17H22N4O3S. The Morgan fingerprint density at radius 1 is 1.32 bits per heavy atom. The predicted molar refractivity (Wildman–Crippen MR) is 95.8 cm³/mol. The van der Waals surface area contributed by atoms with Crippen LogP contribution in [0.25, 0.3) is 0 Å². The number of thiazole rings is 1. The zero-order valence-corrected chi connectivity index (χ0v) is 15.1. The van der Waals surface area contributed by atoms with Gasteiger partial charge >= 0.3 is 6.09 Å². The summed E-state index contributed by atoms with van der Waals surface area (Å²) in [5.74, 6) is 4.68. The second kappa shape index (κ2) is 8.59. The number of nitrogens with zero attached hydrogens (tertiary/aromatic N) is 1. The lowest BCUT2D eigenvalue weighted by molar-refractivity contribution is 0.0953. The molecule has 2 rings (SSSR count). The van der Waals surface area contributed by atoms with Gasteiger partial charge in [-0.05, 0) is 18.9 Å². The molecule has 1 heterocycles. The second-order valence-electron chi connectivity index (χ2n) is 5.78. The van der Waals surface area contributed by atoms with E-state index in [2.05, 4.69) is 15.7 Å². The number of hydrazine groups is 1. The molecule has 0 saturated heterocycles.